The second kappa shape index (κ2) is 8.01. The van der Waals surface area contributed by atoms with Crippen molar-refractivity contribution in [2.45, 2.75) is 24.8 Å². The van der Waals surface area contributed by atoms with Crippen molar-refractivity contribution in [3.63, 3.8) is 0 Å². The van der Waals surface area contributed by atoms with Crippen LogP contribution in [0, 0.1) is 18.3 Å². The van der Waals surface area contributed by atoms with Gasteiger partial charge in [-0.1, -0.05) is 18.2 Å². The molecule has 7 nitrogen and oxygen atoms in total. The van der Waals surface area contributed by atoms with Crippen molar-refractivity contribution < 1.29 is 22.7 Å². The maximum absolute atomic E-state index is 12.4. The summed E-state index contributed by atoms with van der Waals surface area (Å²) in [7, 11) is -3.49. The number of sulfone groups is 1. The van der Waals surface area contributed by atoms with Crippen LogP contribution in [0.25, 0.3) is 0 Å². The van der Waals surface area contributed by atoms with Gasteiger partial charge in [-0.2, -0.15) is 5.26 Å². The molecule has 2 aromatic rings. The average molecular weight is 386 g/mol. The third-order valence-electron chi connectivity index (χ3n) is 3.82. The normalized spacial score (nSPS) is 11.9. The number of anilines is 1. The van der Waals surface area contributed by atoms with Gasteiger partial charge in [0, 0.05) is 6.26 Å². The molecule has 0 bridgehead atoms. The van der Waals surface area contributed by atoms with E-state index in [1.165, 1.54) is 25.1 Å². The minimum absolute atomic E-state index is 0.0138. The molecule has 0 aliphatic heterocycles. The predicted octanol–water partition coefficient (Wildman–Crippen LogP) is 2.45. The molecule has 8 heteroatoms. The summed E-state index contributed by atoms with van der Waals surface area (Å²) in [6.07, 6.45) is -0.110. The highest BCUT2D eigenvalue weighted by Gasteiger charge is 2.22. The number of nitrogens with zero attached hydrogens (tertiary/aromatic N) is 1. The third-order valence-corrected chi connectivity index (χ3v) is 4.93. The van der Waals surface area contributed by atoms with E-state index in [0.717, 1.165) is 6.26 Å². The fourth-order valence-electron chi connectivity index (χ4n) is 2.25. The molecule has 2 rings (SSSR count). The first-order valence-electron chi connectivity index (χ1n) is 7.95. The summed E-state index contributed by atoms with van der Waals surface area (Å²) >= 11 is 0. The van der Waals surface area contributed by atoms with Gasteiger partial charge in [-0.15, -0.1) is 0 Å². The van der Waals surface area contributed by atoms with E-state index in [2.05, 4.69) is 5.32 Å². The number of esters is 1. The number of carbonyl (C=O) groups is 2. The van der Waals surface area contributed by atoms with Gasteiger partial charge in [0.25, 0.3) is 5.91 Å². The molecule has 1 N–H and O–H groups in total. The number of rotatable bonds is 5. The number of nitrogens with one attached hydrogen (secondary N) is 1. The standard InChI is InChI=1S/C19H18N2O5S/c1-12-8-9-15(27(3,24)25)10-16(12)19(23)26-13(2)18(22)21-17-7-5-4-6-14(17)11-20/h4-10,13H,1-3H3,(H,21,22)/t13-/m0/s1. The van der Waals surface area contributed by atoms with Crippen molar-refractivity contribution in [2.75, 3.05) is 11.6 Å². The van der Waals surface area contributed by atoms with Gasteiger partial charge in [0.1, 0.15) is 6.07 Å². The van der Waals surface area contributed by atoms with Crippen molar-refractivity contribution in [1.82, 2.24) is 0 Å². The Morgan fingerprint density at radius 2 is 1.85 bits per heavy atom. The topological polar surface area (TPSA) is 113 Å². The molecule has 2 aromatic carbocycles. The molecule has 0 unspecified atom stereocenters. The number of nitriles is 1. The smallest absolute Gasteiger partial charge is 0.339 e. The molecule has 0 aliphatic rings. The molecule has 0 aromatic heterocycles. The summed E-state index contributed by atoms with van der Waals surface area (Å²) in [5.41, 5.74) is 1.18. The Kier molecular flexibility index (Phi) is 5.98. The number of ether oxygens (including phenoxy) is 1. The fourth-order valence-corrected chi connectivity index (χ4v) is 2.90. The number of hydrogen-bond acceptors (Lipinski definition) is 6. The average Bonchev–Trinajstić information content (AvgIpc) is 2.61. The van der Waals surface area contributed by atoms with Crippen LogP contribution in [0.15, 0.2) is 47.4 Å². The maximum Gasteiger partial charge on any atom is 0.339 e. The van der Waals surface area contributed by atoms with Crippen molar-refractivity contribution in [1.29, 1.82) is 5.26 Å². The number of hydrogen-bond donors (Lipinski definition) is 1. The van der Waals surface area contributed by atoms with Crippen LogP contribution in [-0.4, -0.2) is 32.7 Å². The van der Waals surface area contributed by atoms with Gasteiger partial charge < -0.3 is 10.1 Å². The van der Waals surface area contributed by atoms with E-state index < -0.39 is 27.8 Å². The van der Waals surface area contributed by atoms with Gasteiger partial charge in [-0.25, -0.2) is 13.2 Å². The molecule has 0 saturated carbocycles. The van der Waals surface area contributed by atoms with E-state index in [-0.39, 0.29) is 16.0 Å². The molecule has 1 atom stereocenters. The summed E-state index contributed by atoms with van der Waals surface area (Å²) in [6, 6.07) is 12.5. The maximum atomic E-state index is 12.4. The molecule has 0 saturated heterocycles. The molecular formula is C19H18N2O5S. The summed E-state index contributed by atoms with van der Waals surface area (Å²) in [5.74, 6) is -1.42. The Morgan fingerprint density at radius 1 is 1.19 bits per heavy atom. The molecule has 1 amide bonds. The number of amides is 1. The minimum Gasteiger partial charge on any atom is -0.449 e. The van der Waals surface area contributed by atoms with Crippen LogP contribution < -0.4 is 5.32 Å². The van der Waals surface area contributed by atoms with E-state index in [9.17, 15) is 18.0 Å². The van der Waals surface area contributed by atoms with Crippen molar-refractivity contribution in [2.24, 2.45) is 0 Å². The fraction of sp³-hybridized carbons (Fsp3) is 0.211. The van der Waals surface area contributed by atoms with Crippen LogP contribution in [0.5, 0.6) is 0 Å². The Hall–Kier alpha value is -3.18. The van der Waals surface area contributed by atoms with Crippen LogP contribution in [0.3, 0.4) is 0 Å². The Labute approximate surface area is 157 Å². The van der Waals surface area contributed by atoms with E-state index in [0.29, 0.717) is 11.3 Å². The van der Waals surface area contributed by atoms with Crippen molar-refractivity contribution >= 4 is 27.4 Å². The van der Waals surface area contributed by atoms with Gasteiger partial charge in [0.15, 0.2) is 15.9 Å². The zero-order valence-electron chi connectivity index (χ0n) is 15.0. The van der Waals surface area contributed by atoms with Gasteiger partial charge >= 0.3 is 5.97 Å². The number of carbonyl (C=O) groups excluding carboxylic acids is 2. The zero-order valence-corrected chi connectivity index (χ0v) is 15.8. The lowest BCUT2D eigenvalue weighted by Crippen LogP contribution is -2.30. The lowest BCUT2D eigenvalue weighted by atomic mass is 10.1. The highest BCUT2D eigenvalue weighted by Crippen LogP contribution is 2.18. The highest BCUT2D eigenvalue weighted by atomic mass is 32.2. The highest BCUT2D eigenvalue weighted by molar-refractivity contribution is 7.90. The molecule has 0 radical (unpaired) electrons. The van der Waals surface area contributed by atoms with Crippen LogP contribution in [0.2, 0.25) is 0 Å². The van der Waals surface area contributed by atoms with E-state index >= 15 is 0 Å². The molecule has 0 heterocycles. The largest absolute Gasteiger partial charge is 0.449 e. The number of benzene rings is 2. The summed E-state index contributed by atoms with van der Waals surface area (Å²) in [4.78, 5) is 24.6. The van der Waals surface area contributed by atoms with Crippen LogP contribution in [-0.2, 0) is 19.4 Å². The number of para-hydroxylation sites is 1. The van der Waals surface area contributed by atoms with E-state index in [1.54, 1.807) is 31.2 Å². The molecule has 0 aliphatic carbocycles. The summed E-state index contributed by atoms with van der Waals surface area (Å²) < 4.78 is 28.5. The quantitative estimate of drug-likeness (QED) is 0.790. The van der Waals surface area contributed by atoms with Crippen LogP contribution in [0.4, 0.5) is 5.69 Å². The van der Waals surface area contributed by atoms with Gasteiger partial charge in [0.05, 0.1) is 21.7 Å². The lowest BCUT2D eigenvalue weighted by Gasteiger charge is -2.15. The summed E-state index contributed by atoms with van der Waals surface area (Å²) in [6.45, 7) is 3.02. The Bertz CT molecular complexity index is 1040. The van der Waals surface area contributed by atoms with Crippen molar-refractivity contribution in [3.05, 3.63) is 59.2 Å². The molecular weight excluding hydrogens is 368 g/mol. The van der Waals surface area contributed by atoms with Crippen LogP contribution >= 0.6 is 0 Å². The first-order chi connectivity index (χ1) is 12.6. The predicted molar refractivity (Wildman–Crippen MR) is 99.0 cm³/mol. The number of aryl methyl sites for hydroxylation is 1. The summed E-state index contributed by atoms with van der Waals surface area (Å²) in [5, 5.41) is 11.6. The zero-order chi connectivity index (χ0) is 20.2. The van der Waals surface area contributed by atoms with E-state index in [1.807, 2.05) is 6.07 Å². The van der Waals surface area contributed by atoms with Crippen LogP contribution in [0.1, 0.15) is 28.4 Å². The Balaban J connectivity index is 2.16. The van der Waals surface area contributed by atoms with Crippen molar-refractivity contribution in [3.8, 4) is 6.07 Å². The second-order valence-electron chi connectivity index (χ2n) is 5.94. The molecule has 0 fully saturated rings. The monoisotopic (exact) mass is 386 g/mol. The molecule has 140 valence electrons. The minimum atomic E-state index is -3.49. The van der Waals surface area contributed by atoms with Gasteiger partial charge in [-0.3, -0.25) is 4.79 Å². The molecule has 27 heavy (non-hydrogen) atoms. The first-order valence-corrected chi connectivity index (χ1v) is 9.84. The SMILES string of the molecule is Cc1ccc(S(C)(=O)=O)cc1C(=O)O[C@@H](C)C(=O)Nc1ccccc1C#N. The Morgan fingerprint density at radius 3 is 2.48 bits per heavy atom. The second-order valence-corrected chi connectivity index (χ2v) is 7.96. The lowest BCUT2D eigenvalue weighted by molar-refractivity contribution is -0.123. The van der Waals surface area contributed by atoms with Gasteiger partial charge in [-0.05, 0) is 43.7 Å². The molecule has 0 spiro atoms. The van der Waals surface area contributed by atoms with Gasteiger partial charge in [0.2, 0.25) is 0 Å². The van der Waals surface area contributed by atoms with E-state index in [4.69, 9.17) is 10.00 Å². The first kappa shape index (κ1) is 20.1. The third kappa shape index (κ3) is 4.92.